The molecule has 0 aromatic heterocycles. The van der Waals surface area contributed by atoms with Gasteiger partial charge in [-0.15, -0.1) is 11.8 Å². The first-order valence-electron chi connectivity index (χ1n) is 6.20. The minimum absolute atomic E-state index is 0.0733. The van der Waals surface area contributed by atoms with E-state index < -0.39 is 10.0 Å². The van der Waals surface area contributed by atoms with Gasteiger partial charge in [-0.1, -0.05) is 12.1 Å². The number of nitrogens with one attached hydrogen (secondary N) is 1. The third-order valence-corrected chi connectivity index (χ3v) is 5.02. The molecule has 110 valence electrons. The zero-order valence-corrected chi connectivity index (χ0v) is 13.3. The Hall–Kier alpha value is -1.79. The number of ketones is 1. The third-order valence-electron chi connectivity index (χ3n) is 2.89. The smallest absolute Gasteiger partial charge is 0.261 e. The van der Waals surface area contributed by atoms with Crippen LogP contribution >= 0.6 is 11.8 Å². The number of hydrogen-bond donors (Lipinski definition) is 1. The predicted octanol–water partition coefficient (Wildman–Crippen LogP) is 3.41. The van der Waals surface area contributed by atoms with Crippen LogP contribution in [-0.4, -0.2) is 20.5 Å². The molecule has 21 heavy (non-hydrogen) atoms. The molecule has 0 atom stereocenters. The molecule has 0 fully saturated rings. The summed E-state index contributed by atoms with van der Waals surface area (Å²) in [5.41, 5.74) is 0.858. The van der Waals surface area contributed by atoms with Gasteiger partial charge in [-0.25, -0.2) is 8.42 Å². The van der Waals surface area contributed by atoms with Crippen LogP contribution in [0.5, 0.6) is 0 Å². The summed E-state index contributed by atoms with van der Waals surface area (Å²) >= 11 is 1.58. The molecule has 0 aliphatic heterocycles. The first kappa shape index (κ1) is 15.6. The van der Waals surface area contributed by atoms with Gasteiger partial charge in [0, 0.05) is 16.1 Å². The standard InChI is InChI=1S/C15H15NO3S2/c1-11(17)12-4-3-5-15(10-12)21(18,19)16-13-6-8-14(20-2)9-7-13/h3-10,16H,1-2H3. The van der Waals surface area contributed by atoms with Gasteiger partial charge in [0.1, 0.15) is 0 Å². The van der Waals surface area contributed by atoms with E-state index in [2.05, 4.69) is 4.72 Å². The van der Waals surface area contributed by atoms with E-state index in [1.807, 2.05) is 18.4 Å². The van der Waals surface area contributed by atoms with Gasteiger partial charge in [-0.3, -0.25) is 9.52 Å². The molecule has 0 aliphatic carbocycles. The first-order chi connectivity index (χ1) is 9.92. The average molecular weight is 321 g/mol. The van der Waals surface area contributed by atoms with Crippen molar-refractivity contribution in [3.8, 4) is 0 Å². The van der Waals surface area contributed by atoms with E-state index in [9.17, 15) is 13.2 Å². The third kappa shape index (κ3) is 3.86. The van der Waals surface area contributed by atoms with Crippen molar-refractivity contribution in [3.05, 3.63) is 54.1 Å². The fourth-order valence-electron chi connectivity index (χ4n) is 1.76. The summed E-state index contributed by atoms with van der Waals surface area (Å²) in [4.78, 5) is 12.5. The van der Waals surface area contributed by atoms with Crippen molar-refractivity contribution < 1.29 is 13.2 Å². The molecule has 0 heterocycles. The molecular weight excluding hydrogens is 306 g/mol. The number of Topliss-reactive ketones (excluding diaryl/α,β-unsaturated/α-hetero) is 1. The number of benzene rings is 2. The van der Waals surface area contributed by atoms with Gasteiger partial charge in [0.15, 0.2) is 5.78 Å². The molecule has 4 nitrogen and oxygen atoms in total. The molecule has 0 radical (unpaired) electrons. The number of thioether (sulfide) groups is 1. The van der Waals surface area contributed by atoms with Crippen molar-refractivity contribution in [1.82, 2.24) is 0 Å². The van der Waals surface area contributed by atoms with Crippen LogP contribution in [0.2, 0.25) is 0 Å². The van der Waals surface area contributed by atoms with Crippen LogP contribution in [0.1, 0.15) is 17.3 Å². The lowest BCUT2D eigenvalue weighted by molar-refractivity contribution is 0.101. The Kier molecular flexibility index (Phi) is 4.69. The van der Waals surface area contributed by atoms with Gasteiger partial charge in [-0.2, -0.15) is 0 Å². The van der Waals surface area contributed by atoms with Crippen LogP contribution < -0.4 is 4.72 Å². The van der Waals surface area contributed by atoms with Gasteiger partial charge < -0.3 is 0 Å². The lowest BCUT2D eigenvalue weighted by Crippen LogP contribution is -2.13. The van der Waals surface area contributed by atoms with E-state index in [1.54, 1.807) is 36.0 Å². The largest absolute Gasteiger partial charge is 0.295 e. The fraction of sp³-hybridized carbons (Fsp3) is 0.133. The maximum absolute atomic E-state index is 12.3. The van der Waals surface area contributed by atoms with Crippen LogP contribution in [0.3, 0.4) is 0 Å². The second-order valence-corrected chi connectivity index (χ2v) is 6.98. The van der Waals surface area contributed by atoms with E-state index >= 15 is 0 Å². The van der Waals surface area contributed by atoms with Gasteiger partial charge in [0.2, 0.25) is 0 Å². The lowest BCUT2D eigenvalue weighted by atomic mass is 10.2. The topological polar surface area (TPSA) is 63.2 Å². The van der Waals surface area contributed by atoms with Gasteiger partial charge >= 0.3 is 0 Å². The molecule has 0 bridgehead atoms. The Balaban J connectivity index is 2.29. The van der Waals surface area contributed by atoms with Crippen molar-refractivity contribution in [3.63, 3.8) is 0 Å². The highest BCUT2D eigenvalue weighted by Gasteiger charge is 2.15. The molecule has 0 saturated carbocycles. The monoisotopic (exact) mass is 321 g/mol. The van der Waals surface area contributed by atoms with Gasteiger partial charge in [0.05, 0.1) is 4.90 Å². The van der Waals surface area contributed by atoms with Crippen LogP contribution in [0.15, 0.2) is 58.3 Å². The maximum atomic E-state index is 12.3. The first-order valence-corrected chi connectivity index (χ1v) is 8.91. The second-order valence-electron chi connectivity index (χ2n) is 4.42. The van der Waals surface area contributed by atoms with Crippen molar-refractivity contribution >= 4 is 33.3 Å². The Bertz CT molecular complexity index is 753. The minimum Gasteiger partial charge on any atom is -0.295 e. The minimum atomic E-state index is -3.70. The van der Waals surface area contributed by atoms with E-state index in [0.717, 1.165) is 4.90 Å². The summed E-state index contributed by atoms with van der Waals surface area (Å²) in [6, 6.07) is 13.1. The van der Waals surface area contributed by atoms with Crippen molar-refractivity contribution in [1.29, 1.82) is 0 Å². The molecule has 0 spiro atoms. The normalized spacial score (nSPS) is 11.1. The van der Waals surface area contributed by atoms with E-state index in [4.69, 9.17) is 0 Å². The molecule has 0 unspecified atom stereocenters. The van der Waals surface area contributed by atoms with E-state index in [0.29, 0.717) is 11.3 Å². The van der Waals surface area contributed by atoms with Gasteiger partial charge in [-0.05, 0) is 49.6 Å². The molecule has 1 N–H and O–H groups in total. The molecule has 0 amide bonds. The summed E-state index contributed by atoms with van der Waals surface area (Å²) in [5.74, 6) is -0.170. The predicted molar refractivity (Wildman–Crippen MR) is 85.5 cm³/mol. The van der Waals surface area contributed by atoms with Crippen LogP contribution in [-0.2, 0) is 10.0 Å². The zero-order valence-electron chi connectivity index (χ0n) is 11.7. The summed E-state index contributed by atoms with van der Waals surface area (Å²) in [6.07, 6.45) is 1.95. The quantitative estimate of drug-likeness (QED) is 0.677. The molecular formula is C15H15NO3S2. The Morgan fingerprint density at radius 3 is 2.33 bits per heavy atom. The number of carbonyl (C=O) groups is 1. The number of hydrogen-bond acceptors (Lipinski definition) is 4. The van der Waals surface area contributed by atoms with Crippen LogP contribution in [0.25, 0.3) is 0 Å². The number of anilines is 1. The summed E-state index contributed by atoms with van der Waals surface area (Å²) < 4.78 is 27.1. The molecule has 0 aliphatic rings. The number of rotatable bonds is 5. The highest BCUT2D eigenvalue weighted by atomic mass is 32.2. The number of sulfonamides is 1. The molecule has 2 aromatic carbocycles. The van der Waals surface area contributed by atoms with E-state index in [-0.39, 0.29) is 10.7 Å². The van der Waals surface area contributed by atoms with Crippen LogP contribution in [0.4, 0.5) is 5.69 Å². The van der Waals surface area contributed by atoms with Gasteiger partial charge in [0.25, 0.3) is 10.0 Å². The molecule has 2 rings (SSSR count). The van der Waals surface area contributed by atoms with Crippen LogP contribution in [0, 0.1) is 0 Å². The molecule has 2 aromatic rings. The second kappa shape index (κ2) is 6.32. The number of carbonyl (C=O) groups excluding carboxylic acids is 1. The highest BCUT2D eigenvalue weighted by molar-refractivity contribution is 7.98. The molecule has 0 saturated heterocycles. The summed E-state index contributed by atoms with van der Waals surface area (Å²) in [6.45, 7) is 1.40. The maximum Gasteiger partial charge on any atom is 0.261 e. The summed E-state index contributed by atoms with van der Waals surface area (Å²) in [7, 11) is -3.70. The average Bonchev–Trinajstić information content (AvgIpc) is 2.48. The van der Waals surface area contributed by atoms with Crippen molar-refractivity contribution in [2.45, 2.75) is 16.7 Å². The Morgan fingerprint density at radius 2 is 1.76 bits per heavy atom. The fourth-order valence-corrected chi connectivity index (χ4v) is 3.27. The Labute approximate surface area is 128 Å². The highest BCUT2D eigenvalue weighted by Crippen LogP contribution is 2.21. The van der Waals surface area contributed by atoms with Crippen molar-refractivity contribution in [2.24, 2.45) is 0 Å². The van der Waals surface area contributed by atoms with E-state index in [1.165, 1.54) is 19.1 Å². The Morgan fingerprint density at radius 1 is 1.10 bits per heavy atom. The zero-order chi connectivity index (χ0) is 15.5. The van der Waals surface area contributed by atoms with Crippen molar-refractivity contribution in [2.75, 3.05) is 11.0 Å². The SMILES string of the molecule is CSc1ccc(NS(=O)(=O)c2cccc(C(C)=O)c2)cc1. The molecule has 6 heteroatoms. The summed E-state index contributed by atoms with van der Waals surface area (Å²) in [5, 5.41) is 0. The lowest BCUT2D eigenvalue weighted by Gasteiger charge is -2.09.